The Morgan fingerprint density at radius 2 is 0.567 bits per heavy atom. The minimum absolute atomic E-state index is 0.536. The highest BCUT2D eigenvalue weighted by atomic mass is 31.2. The molecule has 0 fully saturated rings. The molecule has 0 aromatic heterocycles. The van der Waals surface area contributed by atoms with E-state index >= 15 is 4.57 Å². The summed E-state index contributed by atoms with van der Waals surface area (Å²) in [7, 11) is -3.51. The summed E-state index contributed by atoms with van der Waals surface area (Å²) in [5.41, 5.74) is 21.4. The molecule has 9 aromatic carbocycles. The van der Waals surface area contributed by atoms with E-state index in [-0.39, 0.29) is 0 Å². The number of hydrogen-bond donors (Lipinski definition) is 0. The number of benzene rings is 9. The van der Waals surface area contributed by atoms with E-state index in [1.54, 1.807) is 0 Å². The molecule has 2 atom stereocenters. The minimum Gasteiger partial charge on any atom is -0.309 e. The maximum atomic E-state index is 17.1. The third-order valence-electron chi connectivity index (χ3n) is 14.3. The Morgan fingerprint density at radius 1 is 0.283 bits per heavy atom. The molecule has 1 nitrogen and oxygen atoms in total. The summed E-state index contributed by atoms with van der Waals surface area (Å²) < 4.78 is 17.1. The predicted octanol–water partition coefficient (Wildman–Crippen LogP) is 12.6. The summed E-state index contributed by atoms with van der Waals surface area (Å²) in [6.45, 7) is 4.30. The summed E-state index contributed by atoms with van der Waals surface area (Å²) in [6.07, 6.45) is 0. The van der Waals surface area contributed by atoms with Gasteiger partial charge in [0.25, 0.3) is 0 Å². The molecular formula is C58H39OP. The van der Waals surface area contributed by atoms with E-state index in [0.717, 1.165) is 21.5 Å². The average molecular weight is 783 g/mol. The first-order chi connectivity index (χ1) is 29.4. The quantitative estimate of drug-likeness (QED) is 0.163. The van der Waals surface area contributed by atoms with Crippen LogP contribution in [0, 0.1) is 13.8 Å². The highest BCUT2D eigenvalue weighted by Crippen LogP contribution is 2.65. The van der Waals surface area contributed by atoms with Crippen LogP contribution >= 0.6 is 7.14 Å². The van der Waals surface area contributed by atoms with Gasteiger partial charge in [-0.1, -0.05) is 199 Å². The van der Waals surface area contributed by atoms with Gasteiger partial charge in [0.15, 0.2) is 7.14 Å². The predicted molar refractivity (Wildman–Crippen MR) is 248 cm³/mol. The van der Waals surface area contributed by atoms with Gasteiger partial charge in [0.2, 0.25) is 0 Å². The number of aryl methyl sites for hydroxylation is 2. The summed E-state index contributed by atoms with van der Waals surface area (Å²) in [5.74, 6) is 0. The highest BCUT2D eigenvalue weighted by molar-refractivity contribution is 7.85. The van der Waals surface area contributed by atoms with E-state index in [9.17, 15) is 0 Å². The Balaban J connectivity index is 1.11. The van der Waals surface area contributed by atoms with Crippen LogP contribution in [0.3, 0.4) is 0 Å². The van der Waals surface area contributed by atoms with Crippen molar-refractivity contribution in [2.24, 2.45) is 0 Å². The van der Waals surface area contributed by atoms with Gasteiger partial charge in [0.05, 0.1) is 10.8 Å². The molecule has 2 spiro atoms. The summed E-state index contributed by atoms with van der Waals surface area (Å²) in [4.78, 5) is 0. The van der Waals surface area contributed by atoms with Gasteiger partial charge in [0, 0.05) is 15.9 Å². The Labute approximate surface area is 351 Å². The van der Waals surface area contributed by atoms with Gasteiger partial charge in [0.1, 0.15) is 0 Å². The zero-order chi connectivity index (χ0) is 40.0. The topological polar surface area (TPSA) is 17.1 Å². The molecule has 2 unspecified atom stereocenters. The van der Waals surface area contributed by atoms with E-state index in [2.05, 4.69) is 214 Å². The molecule has 60 heavy (non-hydrogen) atoms. The second kappa shape index (κ2) is 11.9. The molecule has 4 aliphatic rings. The van der Waals surface area contributed by atoms with Crippen molar-refractivity contribution in [3.8, 4) is 44.5 Å². The van der Waals surface area contributed by atoms with Crippen LogP contribution in [0.2, 0.25) is 0 Å². The second-order valence-corrected chi connectivity index (χ2v) is 19.9. The fourth-order valence-corrected chi connectivity index (χ4v) is 14.6. The van der Waals surface area contributed by atoms with Crippen LogP contribution in [0.25, 0.3) is 44.5 Å². The Hall–Kier alpha value is -6.79. The summed E-state index contributed by atoms with van der Waals surface area (Å²) >= 11 is 0. The lowest BCUT2D eigenvalue weighted by atomic mass is 9.70. The molecule has 0 aliphatic heterocycles. The van der Waals surface area contributed by atoms with Crippen LogP contribution in [0.1, 0.15) is 55.6 Å². The number of hydrogen-bond acceptors (Lipinski definition) is 1. The van der Waals surface area contributed by atoms with Crippen molar-refractivity contribution in [3.05, 3.63) is 256 Å². The Bertz CT molecular complexity index is 3310. The van der Waals surface area contributed by atoms with Gasteiger partial charge in [-0.3, -0.25) is 0 Å². The third kappa shape index (κ3) is 4.02. The maximum absolute atomic E-state index is 17.1. The zero-order valence-corrected chi connectivity index (χ0v) is 34.3. The molecule has 0 N–H and O–H groups in total. The van der Waals surface area contributed by atoms with Crippen molar-refractivity contribution in [1.29, 1.82) is 0 Å². The van der Waals surface area contributed by atoms with Gasteiger partial charge in [-0.2, -0.15) is 0 Å². The molecule has 4 aliphatic carbocycles. The SMILES string of the molecule is Cc1ccc(P(=O)(c2ccc3c(c2)C2(c4ccccc4-c4ccccc42)c2ccccc2-3)c2ccc3c(c2)C2(c4ccccc4-c4ccc(C)cc42)c2ccccc2-3)cc1. The molecule has 9 aromatic rings. The van der Waals surface area contributed by atoms with Gasteiger partial charge < -0.3 is 4.57 Å². The van der Waals surface area contributed by atoms with Crippen LogP contribution in [-0.2, 0) is 15.4 Å². The van der Waals surface area contributed by atoms with E-state index in [1.165, 1.54) is 94.6 Å². The molecule has 0 radical (unpaired) electrons. The molecule has 0 saturated carbocycles. The van der Waals surface area contributed by atoms with Crippen LogP contribution < -0.4 is 15.9 Å². The van der Waals surface area contributed by atoms with Crippen molar-refractivity contribution in [2.45, 2.75) is 24.7 Å². The van der Waals surface area contributed by atoms with Crippen molar-refractivity contribution < 1.29 is 4.57 Å². The Kier molecular flexibility index (Phi) is 6.77. The van der Waals surface area contributed by atoms with Crippen molar-refractivity contribution in [3.63, 3.8) is 0 Å². The van der Waals surface area contributed by atoms with Crippen LogP contribution in [0.4, 0.5) is 0 Å². The van der Waals surface area contributed by atoms with Crippen molar-refractivity contribution in [2.75, 3.05) is 0 Å². The molecule has 0 saturated heterocycles. The molecular weight excluding hydrogens is 744 g/mol. The number of rotatable bonds is 3. The summed E-state index contributed by atoms with van der Waals surface area (Å²) in [5, 5.41) is 2.55. The van der Waals surface area contributed by atoms with Gasteiger partial charge >= 0.3 is 0 Å². The monoisotopic (exact) mass is 782 g/mol. The lowest BCUT2D eigenvalue weighted by Gasteiger charge is -2.32. The largest absolute Gasteiger partial charge is 0.309 e. The lowest BCUT2D eigenvalue weighted by molar-refractivity contribution is 0.592. The van der Waals surface area contributed by atoms with Crippen LogP contribution in [0.15, 0.2) is 200 Å². The lowest BCUT2D eigenvalue weighted by Crippen LogP contribution is -2.31. The molecule has 0 amide bonds. The zero-order valence-electron chi connectivity index (χ0n) is 33.4. The number of fused-ring (bicyclic) bond motifs is 20. The van der Waals surface area contributed by atoms with Gasteiger partial charge in [-0.25, -0.2) is 0 Å². The van der Waals surface area contributed by atoms with E-state index in [1.807, 2.05) is 0 Å². The third-order valence-corrected chi connectivity index (χ3v) is 17.4. The molecule has 0 heterocycles. The fourth-order valence-electron chi connectivity index (χ4n) is 11.9. The maximum Gasteiger partial charge on any atom is 0.171 e. The molecule has 13 rings (SSSR count). The standard InChI is InChI=1S/C58H39OP/c1-36-23-26-38(27-24-36)60(59,39-28-31-47-44-16-5-10-20-51(44)57(55(47)34-39)49-18-8-3-13-41(49)42-14-4-9-19-50(42)57)40-29-32-48-45-17-7-12-22-53(45)58(56(48)35-40)52-21-11-6-15-43(52)46-30-25-37(2)33-54(46)58/h3-35H,1-2H3. The first-order valence-corrected chi connectivity index (χ1v) is 22.7. The first-order valence-electron chi connectivity index (χ1n) is 21.0. The minimum atomic E-state index is -3.51. The van der Waals surface area contributed by atoms with E-state index in [0.29, 0.717) is 0 Å². The fraction of sp³-hybridized carbons (Fsp3) is 0.0690. The normalized spacial score (nSPS) is 17.2. The Morgan fingerprint density at radius 3 is 0.967 bits per heavy atom. The smallest absolute Gasteiger partial charge is 0.171 e. The van der Waals surface area contributed by atoms with Crippen molar-refractivity contribution >= 4 is 23.1 Å². The van der Waals surface area contributed by atoms with E-state index in [4.69, 9.17) is 0 Å². The second-order valence-electron chi connectivity index (χ2n) is 17.2. The van der Waals surface area contributed by atoms with Gasteiger partial charge in [-0.05, 0) is 115 Å². The molecule has 0 bridgehead atoms. The first kappa shape index (κ1) is 34.1. The average Bonchev–Trinajstić information content (AvgIpc) is 3.97. The molecule has 2 heteroatoms. The van der Waals surface area contributed by atoms with Crippen LogP contribution in [0.5, 0.6) is 0 Å². The van der Waals surface area contributed by atoms with Gasteiger partial charge in [-0.15, -0.1) is 0 Å². The van der Waals surface area contributed by atoms with Crippen LogP contribution in [-0.4, -0.2) is 0 Å². The van der Waals surface area contributed by atoms with E-state index < -0.39 is 18.0 Å². The van der Waals surface area contributed by atoms with Crippen molar-refractivity contribution in [1.82, 2.24) is 0 Å². The highest BCUT2D eigenvalue weighted by Gasteiger charge is 2.54. The molecule has 282 valence electrons. The summed E-state index contributed by atoms with van der Waals surface area (Å²) in [6, 6.07) is 73.5.